The lowest BCUT2D eigenvalue weighted by Crippen LogP contribution is -2.31. The molecule has 3 aromatic rings. The van der Waals surface area contributed by atoms with E-state index in [0.717, 1.165) is 5.56 Å². The molecule has 1 aliphatic rings. The van der Waals surface area contributed by atoms with E-state index >= 15 is 0 Å². The summed E-state index contributed by atoms with van der Waals surface area (Å²) in [6, 6.07) is 20.1. The lowest BCUT2D eigenvalue weighted by Gasteiger charge is -2.18. The van der Waals surface area contributed by atoms with E-state index in [1.807, 2.05) is 42.5 Å². The first-order valence-electron chi connectivity index (χ1n) is 9.91. The van der Waals surface area contributed by atoms with Gasteiger partial charge in [-0.2, -0.15) is 0 Å². The minimum Gasteiger partial charge on any atom is -0.489 e. The number of amides is 1. The molecule has 154 valence electrons. The van der Waals surface area contributed by atoms with E-state index < -0.39 is 5.63 Å². The number of hydrogen-bond acceptors (Lipinski definition) is 5. The Balaban J connectivity index is 1.37. The number of rotatable bonds is 6. The summed E-state index contributed by atoms with van der Waals surface area (Å²) in [6.45, 7) is 3.21. The highest BCUT2D eigenvalue weighted by Crippen LogP contribution is 2.22. The average Bonchev–Trinajstić information content (AvgIpc) is 3.20. The standard InChI is InChI=1S/C24H23NO5/c1-17-12-22(14-23(26)29-17)30-21-10-11-25(15-21)24(27)19-8-5-9-20(13-19)28-16-18-6-3-2-4-7-18/h2-9,12-14,21H,10-11,15-16H2,1H3/t21-/m0/s1. The van der Waals surface area contributed by atoms with Crippen LogP contribution >= 0.6 is 0 Å². The minimum absolute atomic E-state index is 0.0602. The maximum atomic E-state index is 12.9. The van der Waals surface area contributed by atoms with Crippen molar-refractivity contribution in [3.8, 4) is 11.5 Å². The molecule has 6 nitrogen and oxygen atoms in total. The van der Waals surface area contributed by atoms with Crippen LogP contribution in [0.5, 0.6) is 11.5 Å². The second-order valence-electron chi connectivity index (χ2n) is 7.30. The van der Waals surface area contributed by atoms with Crippen molar-refractivity contribution in [1.29, 1.82) is 0 Å². The minimum atomic E-state index is -0.441. The molecule has 2 heterocycles. The largest absolute Gasteiger partial charge is 0.489 e. The van der Waals surface area contributed by atoms with Crippen LogP contribution in [-0.2, 0) is 6.61 Å². The average molecular weight is 405 g/mol. The Kier molecular flexibility index (Phi) is 5.84. The molecular formula is C24H23NO5. The molecule has 0 aliphatic carbocycles. The molecule has 1 saturated heterocycles. The highest BCUT2D eigenvalue weighted by molar-refractivity contribution is 5.94. The van der Waals surface area contributed by atoms with Crippen LogP contribution in [0.1, 0.15) is 28.1 Å². The number of likely N-dealkylation sites (tertiary alicyclic amines) is 1. The topological polar surface area (TPSA) is 69.0 Å². The van der Waals surface area contributed by atoms with Crippen LogP contribution < -0.4 is 15.1 Å². The van der Waals surface area contributed by atoms with Gasteiger partial charge in [0.2, 0.25) is 0 Å². The van der Waals surface area contributed by atoms with E-state index in [2.05, 4.69) is 0 Å². The predicted molar refractivity (Wildman–Crippen MR) is 112 cm³/mol. The van der Waals surface area contributed by atoms with Crippen LogP contribution in [0.25, 0.3) is 0 Å². The molecule has 1 atom stereocenters. The van der Waals surface area contributed by atoms with Gasteiger partial charge >= 0.3 is 5.63 Å². The van der Waals surface area contributed by atoms with Crippen LogP contribution in [0, 0.1) is 6.92 Å². The van der Waals surface area contributed by atoms with Gasteiger partial charge < -0.3 is 18.8 Å². The number of aryl methyl sites for hydroxylation is 1. The fourth-order valence-electron chi connectivity index (χ4n) is 3.49. The molecule has 30 heavy (non-hydrogen) atoms. The lowest BCUT2D eigenvalue weighted by atomic mass is 10.2. The van der Waals surface area contributed by atoms with Crippen LogP contribution in [0.15, 0.2) is 75.9 Å². The summed E-state index contributed by atoms with van der Waals surface area (Å²) in [7, 11) is 0. The SMILES string of the molecule is Cc1cc(O[C@H]2CCN(C(=O)c3cccc(OCc4ccccc4)c3)C2)cc(=O)o1. The van der Waals surface area contributed by atoms with Gasteiger partial charge in [0.15, 0.2) is 0 Å². The molecule has 0 spiro atoms. The summed E-state index contributed by atoms with van der Waals surface area (Å²) in [4.78, 5) is 26.2. The molecule has 6 heteroatoms. The second-order valence-corrected chi connectivity index (χ2v) is 7.30. The molecule has 0 saturated carbocycles. The predicted octanol–water partition coefficient (Wildman–Crippen LogP) is 3.82. The first-order chi connectivity index (χ1) is 14.6. The van der Waals surface area contributed by atoms with Gasteiger partial charge in [-0.25, -0.2) is 4.79 Å². The van der Waals surface area contributed by atoms with Crippen molar-refractivity contribution < 1.29 is 18.7 Å². The highest BCUT2D eigenvalue weighted by atomic mass is 16.5. The Labute approximate surface area is 174 Å². The second kappa shape index (κ2) is 8.86. The molecule has 4 rings (SSSR count). The van der Waals surface area contributed by atoms with Crippen molar-refractivity contribution in [2.45, 2.75) is 26.1 Å². The summed E-state index contributed by atoms with van der Waals surface area (Å²) in [5.41, 5.74) is 1.21. The highest BCUT2D eigenvalue weighted by Gasteiger charge is 2.28. The molecule has 2 aromatic carbocycles. The van der Waals surface area contributed by atoms with Gasteiger partial charge in [0.25, 0.3) is 5.91 Å². The molecule has 0 N–H and O–H groups in total. The number of carbonyl (C=O) groups excluding carboxylic acids is 1. The summed E-state index contributed by atoms with van der Waals surface area (Å²) < 4.78 is 16.7. The van der Waals surface area contributed by atoms with Crippen molar-refractivity contribution in [1.82, 2.24) is 4.90 Å². The van der Waals surface area contributed by atoms with Gasteiger partial charge in [-0.1, -0.05) is 36.4 Å². The monoisotopic (exact) mass is 405 g/mol. The number of carbonyl (C=O) groups is 1. The molecule has 0 unspecified atom stereocenters. The van der Waals surface area contributed by atoms with Crippen molar-refractivity contribution >= 4 is 5.91 Å². The summed E-state index contributed by atoms with van der Waals surface area (Å²) >= 11 is 0. The van der Waals surface area contributed by atoms with Crippen LogP contribution in [-0.4, -0.2) is 30.0 Å². The van der Waals surface area contributed by atoms with Gasteiger partial charge in [-0.05, 0) is 30.7 Å². The maximum absolute atomic E-state index is 12.9. The molecule has 1 aliphatic heterocycles. The first kappa shape index (κ1) is 19.8. The van der Waals surface area contributed by atoms with E-state index in [9.17, 15) is 9.59 Å². The van der Waals surface area contributed by atoms with Gasteiger partial charge in [0.05, 0.1) is 12.6 Å². The fraction of sp³-hybridized carbons (Fsp3) is 0.250. The summed E-state index contributed by atoms with van der Waals surface area (Å²) in [6.07, 6.45) is 0.544. The van der Waals surface area contributed by atoms with E-state index in [4.69, 9.17) is 13.9 Å². The molecule has 1 fully saturated rings. The maximum Gasteiger partial charge on any atom is 0.339 e. The quantitative estimate of drug-likeness (QED) is 0.624. The van der Waals surface area contributed by atoms with Crippen molar-refractivity contribution in [2.75, 3.05) is 13.1 Å². The van der Waals surface area contributed by atoms with E-state index in [1.165, 1.54) is 6.07 Å². The van der Waals surface area contributed by atoms with E-state index in [0.29, 0.717) is 48.9 Å². The molecule has 0 radical (unpaired) electrons. The number of hydrogen-bond donors (Lipinski definition) is 0. The van der Waals surface area contributed by atoms with Gasteiger partial charge in [-0.15, -0.1) is 0 Å². The summed E-state index contributed by atoms with van der Waals surface area (Å²) in [5, 5.41) is 0. The van der Waals surface area contributed by atoms with Crippen LogP contribution in [0.4, 0.5) is 0 Å². The summed E-state index contributed by atoms with van der Waals surface area (Å²) in [5.74, 6) is 1.56. The van der Waals surface area contributed by atoms with Gasteiger partial charge in [-0.3, -0.25) is 4.79 Å². The third-order valence-corrected chi connectivity index (χ3v) is 4.93. The van der Waals surface area contributed by atoms with E-state index in [-0.39, 0.29) is 12.0 Å². The Morgan fingerprint density at radius 3 is 2.70 bits per heavy atom. The Hall–Kier alpha value is -3.54. The number of ether oxygens (including phenoxy) is 2. The smallest absolute Gasteiger partial charge is 0.339 e. The zero-order chi connectivity index (χ0) is 20.9. The van der Waals surface area contributed by atoms with Gasteiger partial charge in [0, 0.05) is 24.6 Å². The van der Waals surface area contributed by atoms with E-state index in [1.54, 1.807) is 30.0 Å². The van der Waals surface area contributed by atoms with Gasteiger partial charge in [0.1, 0.15) is 30.0 Å². The molecule has 0 bridgehead atoms. The first-order valence-corrected chi connectivity index (χ1v) is 9.91. The zero-order valence-corrected chi connectivity index (χ0v) is 16.7. The third-order valence-electron chi connectivity index (χ3n) is 4.93. The molecule has 1 aromatic heterocycles. The fourth-order valence-corrected chi connectivity index (χ4v) is 3.49. The van der Waals surface area contributed by atoms with Crippen LogP contribution in [0.3, 0.4) is 0 Å². The number of nitrogens with zero attached hydrogens (tertiary/aromatic N) is 1. The van der Waals surface area contributed by atoms with Crippen molar-refractivity contribution in [2.24, 2.45) is 0 Å². The third kappa shape index (κ3) is 4.89. The zero-order valence-electron chi connectivity index (χ0n) is 16.7. The van der Waals surface area contributed by atoms with Crippen molar-refractivity contribution in [3.05, 3.63) is 94.0 Å². The number of benzene rings is 2. The molecular weight excluding hydrogens is 382 g/mol. The molecule has 1 amide bonds. The Morgan fingerprint density at radius 1 is 1.07 bits per heavy atom. The Bertz CT molecular complexity index is 1080. The van der Waals surface area contributed by atoms with Crippen molar-refractivity contribution in [3.63, 3.8) is 0 Å². The van der Waals surface area contributed by atoms with Crippen LogP contribution in [0.2, 0.25) is 0 Å². The Morgan fingerprint density at radius 2 is 1.90 bits per heavy atom. The lowest BCUT2D eigenvalue weighted by molar-refractivity contribution is 0.0771. The normalized spacial score (nSPS) is 15.8.